The molecule has 3 nitrogen and oxygen atoms in total. The van der Waals surface area contributed by atoms with Gasteiger partial charge in [-0.2, -0.15) is 5.10 Å². The van der Waals surface area contributed by atoms with E-state index >= 15 is 0 Å². The number of hydrogen-bond donors (Lipinski definition) is 1. The van der Waals surface area contributed by atoms with E-state index in [0.29, 0.717) is 11.3 Å². The zero-order valence-corrected chi connectivity index (χ0v) is 17.8. The highest BCUT2D eigenvalue weighted by Gasteiger charge is 2.38. The predicted octanol–water partition coefficient (Wildman–Crippen LogP) is 4.09. The largest absolute Gasteiger partial charge is 0.377 e. The third-order valence-electron chi connectivity index (χ3n) is 4.10. The van der Waals surface area contributed by atoms with Gasteiger partial charge in [-0.05, 0) is 23.4 Å². The van der Waals surface area contributed by atoms with Gasteiger partial charge in [0.25, 0.3) is 6.53 Å². The van der Waals surface area contributed by atoms with E-state index in [1.807, 2.05) is 60.7 Å². The second-order valence-electron chi connectivity index (χ2n) is 6.03. The van der Waals surface area contributed by atoms with Gasteiger partial charge in [0.05, 0.1) is 5.71 Å². The summed E-state index contributed by atoms with van der Waals surface area (Å²) >= 11 is 8.50. The van der Waals surface area contributed by atoms with Crippen LogP contribution in [0.3, 0.4) is 0 Å². The Hall–Kier alpha value is -2.41. The van der Waals surface area contributed by atoms with Crippen LogP contribution >= 0.6 is 22.3 Å². The van der Waals surface area contributed by atoms with E-state index in [-0.39, 0.29) is 11.0 Å². The number of nitrogens with two attached hydrogens (primary N) is 1. The molecular formula is C21H19ClFN3SSi. The first-order chi connectivity index (χ1) is 13.5. The average Bonchev–Trinajstić information content (AvgIpc) is 2.73. The van der Waals surface area contributed by atoms with Crippen molar-refractivity contribution in [1.29, 1.82) is 0 Å². The Balaban J connectivity index is 1.92. The molecule has 0 saturated carbocycles. The van der Waals surface area contributed by atoms with E-state index in [4.69, 9.17) is 16.8 Å². The van der Waals surface area contributed by atoms with Crippen LogP contribution in [0.5, 0.6) is 0 Å². The molecule has 0 amide bonds. The summed E-state index contributed by atoms with van der Waals surface area (Å²) in [4.78, 5) is 0. The Bertz CT molecular complexity index is 957. The van der Waals surface area contributed by atoms with Crippen LogP contribution in [-0.2, 0) is 0 Å². The van der Waals surface area contributed by atoms with Gasteiger partial charge in [-0.15, -0.1) is 16.2 Å². The molecule has 2 N–H and O–H groups in total. The lowest BCUT2D eigenvalue weighted by molar-refractivity contribution is 0.625. The molecule has 0 spiro atoms. The van der Waals surface area contributed by atoms with Crippen molar-refractivity contribution in [3.8, 4) is 0 Å². The smallest absolute Gasteiger partial charge is 0.284 e. The van der Waals surface area contributed by atoms with Crippen molar-refractivity contribution in [2.24, 2.45) is 15.9 Å². The fourth-order valence-corrected chi connectivity index (χ4v) is 8.85. The molecule has 3 rings (SSSR count). The topological polar surface area (TPSA) is 50.7 Å². The van der Waals surface area contributed by atoms with Crippen molar-refractivity contribution in [1.82, 2.24) is 0 Å². The molecule has 0 heterocycles. The average molecular weight is 428 g/mol. The Labute approximate surface area is 173 Å². The number of benzene rings is 3. The molecular weight excluding hydrogens is 409 g/mol. The van der Waals surface area contributed by atoms with Crippen LogP contribution in [0.25, 0.3) is 0 Å². The van der Waals surface area contributed by atoms with E-state index in [2.05, 4.69) is 10.2 Å². The molecule has 0 aliphatic carbocycles. The van der Waals surface area contributed by atoms with Gasteiger partial charge in [0.2, 0.25) is 0 Å². The third-order valence-corrected chi connectivity index (χ3v) is 11.7. The second kappa shape index (κ2) is 9.19. The van der Waals surface area contributed by atoms with Crippen molar-refractivity contribution >= 4 is 50.1 Å². The maximum Gasteiger partial charge on any atom is 0.284 e. The molecule has 0 bridgehead atoms. The van der Waals surface area contributed by atoms with Crippen molar-refractivity contribution in [2.45, 2.75) is 6.92 Å². The minimum absolute atomic E-state index is 0.241. The minimum Gasteiger partial charge on any atom is -0.377 e. The molecule has 28 heavy (non-hydrogen) atoms. The lowest BCUT2D eigenvalue weighted by Crippen LogP contribution is -2.52. The molecule has 0 aromatic heterocycles. The van der Waals surface area contributed by atoms with Crippen LogP contribution < -0.4 is 16.1 Å². The van der Waals surface area contributed by atoms with Crippen LogP contribution in [0.1, 0.15) is 12.5 Å². The van der Waals surface area contributed by atoms with E-state index < -0.39 is 6.53 Å². The quantitative estimate of drug-likeness (QED) is 0.219. The molecule has 7 heteroatoms. The highest BCUT2D eigenvalue weighted by Crippen LogP contribution is 2.25. The molecule has 3 aromatic carbocycles. The SMILES string of the molecule is C/C(=N\N=C(/N)S[Si](Cl)(c1ccccc1)c1ccccc1)c1ccccc1F. The van der Waals surface area contributed by atoms with Crippen molar-refractivity contribution < 1.29 is 4.39 Å². The summed E-state index contributed by atoms with van der Waals surface area (Å²) in [5.74, 6) is -0.347. The van der Waals surface area contributed by atoms with Gasteiger partial charge in [-0.1, -0.05) is 90.1 Å². The van der Waals surface area contributed by atoms with Crippen molar-refractivity contribution in [3.63, 3.8) is 0 Å². The van der Waals surface area contributed by atoms with Crippen LogP contribution in [0.4, 0.5) is 4.39 Å². The molecule has 0 aliphatic heterocycles. The lowest BCUT2D eigenvalue weighted by atomic mass is 10.1. The standard InChI is InChI=1S/C21H19ClFN3SSi/c1-16(19-14-8-9-15-20(19)23)25-26-21(24)27-28(22,17-10-4-2-5-11-17)18-12-6-3-7-13-18/h2-15H,1H3,(H2,24,26)/b25-16+. The molecule has 0 radical (unpaired) electrons. The number of hydrogen-bond acceptors (Lipinski definition) is 3. The summed E-state index contributed by atoms with van der Waals surface area (Å²) < 4.78 is 13.9. The van der Waals surface area contributed by atoms with Crippen molar-refractivity contribution in [2.75, 3.05) is 0 Å². The van der Waals surface area contributed by atoms with Crippen LogP contribution in [-0.4, -0.2) is 17.4 Å². The first kappa shape index (κ1) is 20.3. The molecule has 142 valence electrons. The van der Waals surface area contributed by atoms with Gasteiger partial charge in [0, 0.05) is 5.56 Å². The molecule has 0 unspecified atom stereocenters. The number of nitrogens with zero attached hydrogens (tertiary/aromatic N) is 2. The number of amidine groups is 1. The Morgan fingerprint density at radius 2 is 1.36 bits per heavy atom. The highest BCUT2D eigenvalue weighted by molar-refractivity contribution is 8.45. The summed E-state index contributed by atoms with van der Waals surface area (Å²) in [6.07, 6.45) is 0. The molecule has 0 saturated heterocycles. The Morgan fingerprint density at radius 1 is 0.857 bits per heavy atom. The fourth-order valence-electron chi connectivity index (χ4n) is 2.69. The molecule has 0 atom stereocenters. The molecule has 3 aromatic rings. The Morgan fingerprint density at radius 3 is 1.89 bits per heavy atom. The van der Waals surface area contributed by atoms with Gasteiger partial charge < -0.3 is 5.73 Å². The predicted molar refractivity (Wildman–Crippen MR) is 122 cm³/mol. The number of halogens is 2. The molecule has 0 aliphatic rings. The van der Waals surface area contributed by atoms with Gasteiger partial charge >= 0.3 is 0 Å². The maximum atomic E-state index is 13.9. The zero-order chi connectivity index (χ0) is 20.0. The van der Waals surface area contributed by atoms with Crippen LogP contribution in [0.2, 0.25) is 0 Å². The van der Waals surface area contributed by atoms with Gasteiger partial charge in [0.15, 0.2) is 5.17 Å². The number of rotatable bonds is 5. The first-order valence-electron chi connectivity index (χ1n) is 8.62. The summed E-state index contributed by atoms with van der Waals surface area (Å²) in [5, 5.41) is 10.5. The second-order valence-corrected chi connectivity index (χ2v) is 13.8. The first-order valence-corrected chi connectivity index (χ1v) is 13.2. The summed E-state index contributed by atoms with van der Waals surface area (Å²) in [6.45, 7) is -1.04. The summed E-state index contributed by atoms with van der Waals surface area (Å²) in [6, 6.07) is 26.1. The Kier molecular flexibility index (Phi) is 6.67. The lowest BCUT2D eigenvalue weighted by Gasteiger charge is -2.24. The monoisotopic (exact) mass is 427 g/mol. The van der Waals surface area contributed by atoms with E-state index in [9.17, 15) is 4.39 Å². The van der Waals surface area contributed by atoms with E-state index in [1.165, 1.54) is 17.3 Å². The van der Waals surface area contributed by atoms with Crippen LogP contribution in [0.15, 0.2) is 95.1 Å². The molecule has 0 fully saturated rings. The van der Waals surface area contributed by atoms with Crippen LogP contribution in [0, 0.1) is 5.82 Å². The summed E-state index contributed by atoms with van der Waals surface area (Å²) in [5.41, 5.74) is 7.00. The fraction of sp³-hybridized carbons (Fsp3) is 0.0476. The van der Waals surface area contributed by atoms with E-state index in [0.717, 1.165) is 10.4 Å². The van der Waals surface area contributed by atoms with Crippen molar-refractivity contribution in [3.05, 3.63) is 96.3 Å². The van der Waals surface area contributed by atoms with E-state index in [1.54, 1.807) is 25.1 Å². The van der Waals surface area contributed by atoms with Gasteiger partial charge in [0.1, 0.15) is 5.82 Å². The summed E-state index contributed by atoms with van der Waals surface area (Å²) in [7, 11) is 0. The third kappa shape index (κ3) is 4.70. The van der Waals surface area contributed by atoms with Gasteiger partial charge in [-0.25, -0.2) is 4.39 Å². The minimum atomic E-state index is -2.74. The maximum absolute atomic E-state index is 13.9. The normalized spacial score (nSPS) is 12.8. The van der Waals surface area contributed by atoms with Gasteiger partial charge in [-0.3, -0.25) is 0 Å². The zero-order valence-electron chi connectivity index (χ0n) is 15.2. The highest BCUT2D eigenvalue weighted by atomic mass is 35.6.